The van der Waals surface area contributed by atoms with Crippen molar-refractivity contribution in [1.29, 1.82) is 0 Å². The highest BCUT2D eigenvalue weighted by atomic mass is 16.5. The molecule has 7 heteroatoms. The van der Waals surface area contributed by atoms with E-state index in [-0.39, 0.29) is 24.2 Å². The van der Waals surface area contributed by atoms with Crippen molar-refractivity contribution in [3.8, 4) is 17.8 Å². The van der Waals surface area contributed by atoms with Gasteiger partial charge in [0.1, 0.15) is 0 Å². The zero-order valence-electron chi connectivity index (χ0n) is 17.1. The van der Waals surface area contributed by atoms with Gasteiger partial charge in [-0.25, -0.2) is 4.79 Å². The highest BCUT2D eigenvalue weighted by Gasteiger charge is 2.36. The monoisotopic (exact) mass is 408 g/mol. The quantitative estimate of drug-likeness (QED) is 0.577. The van der Waals surface area contributed by atoms with Gasteiger partial charge >= 0.3 is 12.0 Å². The summed E-state index contributed by atoms with van der Waals surface area (Å²) in [5.41, 5.74) is 1.35. The van der Waals surface area contributed by atoms with E-state index < -0.39 is 17.5 Å². The molecule has 2 aromatic carbocycles. The number of benzene rings is 2. The Morgan fingerprint density at radius 2 is 1.40 bits per heavy atom. The fourth-order valence-electron chi connectivity index (χ4n) is 3.34. The number of hydrogen-bond acceptors (Lipinski definition) is 6. The lowest BCUT2D eigenvalue weighted by Gasteiger charge is -2.33. The first-order valence-corrected chi connectivity index (χ1v) is 9.44. The van der Waals surface area contributed by atoms with Crippen LogP contribution in [0.3, 0.4) is 0 Å². The maximum absolute atomic E-state index is 12.1. The van der Waals surface area contributed by atoms with Crippen molar-refractivity contribution >= 4 is 5.97 Å². The molecule has 0 radical (unpaired) electrons. The van der Waals surface area contributed by atoms with Gasteiger partial charge in [-0.15, -0.1) is 0 Å². The predicted molar refractivity (Wildman–Crippen MR) is 111 cm³/mol. The van der Waals surface area contributed by atoms with Crippen LogP contribution in [0.4, 0.5) is 0 Å². The molecular formula is C23H24N2O5. The van der Waals surface area contributed by atoms with Crippen LogP contribution in [0.15, 0.2) is 66.7 Å². The first kappa shape index (κ1) is 21.1. The molecule has 1 N–H and O–H groups in total. The predicted octanol–water partition coefficient (Wildman–Crippen LogP) is 3.72. The number of carbonyl (C=O) groups is 1. The van der Waals surface area contributed by atoms with E-state index in [0.29, 0.717) is 0 Å². The minimum Gasteiger partial charge on any atom is -0.481 e. The number of aliphatic carboxylic acids is 1. The molecule has 0 saturated carbocycles. The number of rotatable bonds is 9. The number of aromatic nitrogens is 2. The van der Waals surface area contributed by atoms with Crippen molar-refractivity contribution in [1.82, 2.24) is 9.97 Å². The summed E-state index contributed by atoms with van der Waals surface area (Å²) in [4.78, 5) is 20.3. The van der Waals surface area contributed by atoms with Gasteiger partial charge in [0.25, 0.3) is 0 Å². The lowest BCUT2D eigenvalue weighted by molar-refractivity contribution is -0.146. The number of ether oxygens (including phenoxy) is 3. The van der Waals surface area contributed by atoms with Crippen molar-refractivity contribution in [2.24, 2.45) is 0 Å². The van der Waals surface area contributed by atoms with E-state index >= 15 is 0 Å². The van der Waals surface area contributed by atoms with E-state index in [2.05, 4.69) is 9.97 Å². The van der Waals surface area contributed by atoms with E-state index in [1.807, 2.05) is 67.6 Å². The maximum Gasteiger partial charge on any atom is 0.345 e. The Hall–Kier alpha value is -3.61. The van der Waals surface area contributed by atoms with Crippen LogP contribution in [0, 0.1) is 0 Å². The summed E-state index contributed by atoms with van der Waals surface area (Å²) in [5, 5.41) is 9.90. The first-order chi connectivity index (χ1) is 14.5. The summed E-state index contributed by atoms with van der Waals surface area (Å²) in [7, 11) is 2.89. The van der Waals surface area contributed by atoms with Crippen LogP contribution in [0.5, 0.6) is 17.8 Å². The molecule has 0 saturated heterocycles. The molecule has 0 aliphatic rings. The third kappa shape index (κ3) is 4.68. The Kier molecular flexibility index (Phi) is 6.51. The summed E-state index contributed by atoms with van der Waals surface area (Å²) < 4.78 is 16.0. The fourth-order valence-corrected chi connectivity index (χ4v) is 3.34. The lowest BCUT2D eigenvalue weighted by Crippen LogP contribution is -2.37. The average Bonchev–Trinajstić information content (AvgIpc) is 2.79. The number of carboxylic acids is 1. The van der Waals surface area contributed by atoms with Crippen LogP contribution < -0.4 is 14.2 Å². The second-order valence-electron chi connectivity index (χ2n) is 6.95. The van der Waals surface area contributed by atoms with Crippen LogP contribution in [0.1, 0.15) is 24.5 Å². The van der Waals surface area contributed by atoms with E-state index in [1.54, 1.807) is 0 Å². The van der Waals surface area contributed by atoms with Gasteiger partial charge < -0.3 is 19.3 Å². The number of carboxylic acid groups (broad SMARTS) is 1. The van der Waals surface area contributed by atoms with Gasteiger partial charge in [0.15, 0.2) is 6.10 Å². The molecule has 1 atom stereocenters. The Balaban J connectivity index is 1.98. The highest BCUT2D eigenvalue weighted by Crippen LogP contribution is 2.37. The summed E-state index contributed by atoms with van der Waals surface area (Å²) in [6.45, 7) is 2.00. The fraction of sp³-hybridized carbons (Fsp3) is 0.261. The molecule has 0 bridgehead atoms. The van der Waals surface area contributed by atoms with E-state index in [1.165, 1.54) is 20.3 Å². The van der Waals surface area contributed by atoms with Crippen LogP contribution in [-0.2, 0) is 10.2 Å². The zero-order chi connectivity index (χ0) is 21.6. The molecule has 0 fully saturated rings. The third-order valence-electron chi connectivity index (χ3n) is 5.02. The molecule has 1 heterocycles. The Labute approximate surface area is 175 Å². The smallest absolute Gasteiger partial charge is 0.345 e. The van der Waals surface area contributed by atoms with E-state index in [9.17, 15) is 9.90 Å². The second-order valence-corrected chi connectivity index (χ2v) is 6.95. The zero-order valence-corrected chi connectivity index (χ0v) is 17.1. The Morgan fingerprint density at radius 3 is 1.80 bits per heavy atom. The van der Waals surface area contributed by atoms with Crippen LogP contribution in [0.2, 0.25) is 0 Å². The summed E-state index contributed by atoms with van der Waals surface area (Å²) in [6.07, 6.45) is -1.04. The van der Waals surface area contributed by atoms with Crippen molar-refractivity contribution in [3.05, 3.63) is 77.9 Å². The molecule has 0 aliphatic heterocycles. The van der Waals surface area contributed by atoms with Gasteiger partial charge in [-0.05, 0) is 11.1 Å². The standard InChI is InChI=1S/C23H24N2O5/c1-23(16-10-6-4-7-11-16,17-12-8-5-9-13-17)15-18(21(26)27)30-22-24-19(28-2)14-20(25-22)29-3/h4-14,18H,15H2,1-3H3,(H,26,27). The van der Waals surface area contributed by atoms with E-state index in [4.69, 9.17) is 14.2 Å². The SMILES string of the molecule is COc1cc(OC)nc(OC(CC(C)(c2ccccc2)c2ccccc2)C(=O)O)n1. The van der Waals surface area contributed by atoms with E-state index in [0.717, 1.165) is 11.1 Å². The molecule has 156 valence electrons. The van der Waals surface area contributed by atoms with Gasteiger partial charge in [-0.3, -0.25) is 0 Å². The summed E-state index contributed by atoms with van der Waals surface area (Å²) >= 11 is 0. The lowest BCUT2D eigenvalue weighted by atomic mass is 9.72. The Bertz CT molecular complexity index is 918. The van der Waals surface area contributed by atoms with Crippen LogP contribution >= 0.6 is 0 Å². The number of hydrogen-bond donors (Lipinski definition) is 1. The summed E-state index contributed by atoms with van der Waals surface area (Å²) in [5.74, 6) is -0.678. The van der Waals surface area contributed by atoms with Crippen molar-refractivity contribution in [3.63, 3.8) is 0 Å². The van der Waals surface area contributed by atoms with Gasteiger partial charge in [0.05, 0.1) is 20.3 Å². The molecule has 1 unspecified atom stereocenters. The molecule has 3 rings (SSSR count). The Morgan fingerprint density at radius 1 is 0.933 bits per heavy atom. The molecule has 7 nitrogen and oxygen atoms in total. The van der Waals surface area contributed by atoms with Crippen molar-refractivity contribution < 1.29 is 24.1 Å². The van der Waals surface area contributed by atoms with Crippen molar-refractivity contribution in [2.45, 2.75) is 24.9 Å². The summed E-state index contributed by atoms with van der Waals surface area (Å²) in [6, 6.07) is 20.9. The van der Waals surface area contributed by atoms with Gasteiger partial charge in [0.2, 0.25) is 11.8 Å². The number of nitrogens with zero attached hydrogens (tertiary/aromatic N) is 2. The third-order valence-corrected chi connectivity index (χ3v) is 5.02. The van der Waals surface area contributed by atoms with Gasteiger partial charge in [-0.1, -0.05) is 67.6 Å². The van der Waals surface area contributed by atoms with Crippen molar-refractivity contribution in [2.75, 3.05) is 14.2 Å². The normalized spacial score (nSPS) is 12.1. The minimum absolute atomic E-state index is 0.123. The minimum atomic E-state index is -1.20. The van der Waals surface area contributed by atoms with Crippen LogP contribution in [-0.4, -0.2) is 41.4 Å². The molecule has 0 aliphatic carbocycles. The molecule has 0 amide bonds. The molecule has 30 heavy (non-hydrogen) atoms. The first-order valence-electron chi connectivity index (χ1n) is 9.44. The average molecular weight is 408 g/mol. The molecular weight excluding hydrogens is 384 g/mol. The highest BCUT2D eigenvalue weighted by molar-refractivity contribution is 5.73. The van der Waals surface area contributed by atoms with Gasteiger partial charge in [-0.2, -0.15) is 9.97 Å². The molecule has 0 spiro atoms. The topological polar surface area (TPSA) is 90.8 Å². The molecule has 1 aromatic heterocycles. The molecule has 3 aromatic rings. The number of methoxy groups -OCH3 is 2. The second kappa shape index (κ2) is 9.26. The maximum atomic E-state index is 12.1. The largest absolute Gasteiger partial charge is 0.481 e. The van der Waals surface area contributed by atoms with Gasteiger partial charge in [0, 0.05) is 11.8 Å². The van der Waals surface area contributed by atoms with Crippen LogP contribution in [0.25, 0.3) is 0 Å².